The molecule has 2 bridgehead atoms. The fourth-order valence-corrected chi connectivity index (χ4v) is 6.76. The largest absolute Gasteiger partial charge is 0.504 e. The molecule has 2 fully saturated rings. The Balaban J connectivity index is 0.00000102. The van der Waals surface area contributed by atoms with Crippen LogP contribution in [0.5, 0.6) is 11.5 Å². The van der Waals surface area contributed by atoms with Gasteiger partial charge in [-0.05, 0) is 49.7 Å². The number of benzene rings is 1. The Morgan fingerprint density at radius 1 is 1.00 bits per heavy atom. The molecule has 2 aliphatic heterocycles. The molecule has 5 aliphatic rings. The normalized spacial score (nSPS) is 42.5. The van der Waals surface area contributed by atoms with Crippen molar-refractivity contribution in [1.82, 2.24) is 0 Å². The first-order valence-corrected chi connectivity index (χ1v) is 11.0. The van der Waals surface area contributed by atoms with Gasteiger partial charge in [0.05, 0.1) is 6.10 Å². The first-order chi connectivity index (χ1) is 14.4. The van der Waals surface area contributed by atoms with Gasteiger partial charge in [-0.3, -0.25) is 0 Å². The molecular weight excluding hydrogens is 1300 g/mol. The summed E-state index contributed by atoms with van der Waals surface area (Å²) in [4.78, 5) is 0. The fourth-order valence-electron chi connectivity index (χ4n) is 6.76. The molecule has 34 heavy (non-hydrogen) atoms. The van der Waals surface area contributed by atoms with E-state index in [0.717, 1.165) is 24.8 Å². The molecule has 4 radical (unpaired) electrons. The number of aliphatic hydroxyl groups is 3. The van der Waals surface area contributed by atoms with Crippen LogP contribution in [0.15, 0.2) is 24.3 Å². The number of phenols is 1. The zero-order chi connectivity index (χ0) is 20.8. The first kappa shape index (κ1) is 34.3. The molecule has 1 saturated heterocycles. The molecule has 7 nitrogen and oxygen atoms in total. The van der Waals surface area contributed by atoms with Crippen molar-refractivity contribution in [3.8, 4) is 11.5 Å². The van der Waals surface area contributed by atoms with Crippen LogP contribution in [0.2, 0.25) is 0 Å². The Morgan fingerprint density at radius 3 is 2.47 bits per heavy atom. The standard InChI is InChI=1S/C23H28O7.4Ac/c1-10-17(25)18(26)19(27)22(28-10)29-15-7-5-13-11-3-2-8-23(13)16-12(9-11)4-6-14(24)20(16)30-21(15)23;;;;/h4-7,10-11,13,15,17-19,21-22,24-27H,2-3,8-9H2,1H3;;;;/t10-,11-,13?,15+,17-,18+,19-,21+,22+,23+;;;;/m1..../s1. The summed E-state index contributed by atoms with van der Waals surface area (Å²) in [6, 6.07) is 3.74. The minimum Gasteiger partial charge on any atom is -0.504 e. The van der Waals surface area contributed by atoms with E-state index in [0.29, 0.717) is 17.6 Å². The molecule has 2 heterocycles. The summed E-state index contributed by atoms with van der Waals surface area (Å²) in [5.41, 5.74) is 2.12. The van der Waals surface area contributed by atoms with Crippen LogP contribution in [0.4, 0.5) is 0 Å². The molecule has 1 aromatic rings. The number of allylic oxidation sites excluding steroid dienone is 1. The minimum absolute atomic E-state index is 0. The van der Waals surface area contributed by atoms with Gasteiger partial charge in [0.25, 0.3) is 0 Å². The van der Waals surface area contributed by atoms with Crippen LogP contribution in [-0.2, 0) is 21.3 Å². The topological polar surface area (TPSA) is 109 Å². The molecule has 1 unspecified atom stereocenters. The van der Waals surface area contributed by atoms with Crippen molar-refractivity contribution >= 4 is 0 Å². The quantitative estimate of drug-likeness (QED) is 0.330. The molecule has 4 N–H and O–H groups in total. The Hall–Kier alpha value is 4.13. The van der Waals surface area contributed by atoms with Gasteiger partial charge in [0.15, 0.2) is 17.8 Å². The number of ether oxygens (including phenoxy) is 3. The molecule has 1 aromatic carbocycles. The summed E-state index contributed by atoms with van der Waals surface area (Å²) in [5.74, 6) is 1.59. The Bertz CT molecular complexity index is 918. The second-order valence-corrected chi connectivity index (χ2v) is 9.58. The predicted molar refractivity (Wildman–Crippen MR) is 105 cm³/mol. The van der Waals surface area contributed by atoms with Gasteiger partial charge in [0.2, 0.25) is 0 Å². The molecule has 6 rings (SSSR count). The molecule has 11 heteroatoms. The summed E-state index contributed by atoms with van der Waals surface area (Å²) in [6.45, 7) is 1.64. The zero-order valence-corrected chi connectivity index (χ0v) is 38.1. The van der Waals surface area contributed by atoms with Crippen LogP contribution >= 0.6 is 0 Å². The van der Waals surface area contributed by atoms with Gasteiger partial charge in [-0.15, -0.1) is 0 Å². The van der Waals surface area contributed by atoms with Crippen LogP contribution in [-0.4, -0.2) is 63.3 Å². The summed E-state index contributed by atoms with van der Waals surface area (Å²) < 4.78 is 18.3. The monoisotopic (exact) mass is 1320 g/mol. The summed E-state index contributed by atoms with van der Waals surface area (Å²) in [6.07, 6.45) is 1.96. The second kappa shape index (κ2) is 13.4. The number of rotatable bonds is 2. The van der Waals surface area contributed by atoms with E-state index in [-0.39, 0.29) is 194 Å². The first-order valence-electron chi connectivity index (χ1n) is 11.0. The molecule has 10 atom stereocenters. The van der Waals surface area contributed by atoms with E-state index in [1.807, 2.05) is 12.1 Å². The van der Waals surface area contributed by atoms with E-state index in [1.165, 1.54) is 12.0 Å². The Labute approximate surface area is 343 Å². The van der Waals surface area contributed by atoms with Crippen LogP contribution in [0.1, 0.15) is 37.3 Å². The zero-order valence-electron chi connectivity index (χ0n) is 19.2. The van der Waals surface area contributed by atoms with E-state index in [2.05, 4.69) is 6.08 Å². The molecule has 3 aliphatic carbocycles. The number of aliphatic hydroxyl groups excluding tert-OH is 3. The molecule has 0 amide bonds. The third kappa shape index (κ3) is 5.37. The summed E-state index contributed by atoms with van der Waals surface area (Å²) >= 11 is 0. The van der Waals surface area contributed by atoms with Crippen LogP contribution < -0.4 is 4.74 Å². The van der Waals surface area contributed by atoms with Crippen molar-refractivity contribution in [3.05, 3.63) is 35.4 Å². The maximum Gasteiger partial charge on any atom is 0.187 e. The molecule has 1 saturated carbocycles. The predicted octanol–water partition coefficient (Wildman–Crippen LogP) is 1.15. The third-order valence-electron chi connectivity index (χ3n) is 8.10. The number of hydrogen-bond acceptors (Lipinski definition) is 7. The van der Waals surface area contributed by atoms with Crippen molar-refractivity contribution in [2.45, 2.75) is 80.9 Å². The summed E-state index contributed by atoms with van der Waals surface area (Å²) in [5, 5.41) is 41.1. The molecule has 0 aromatic heterocycles. The van der Waals surface area contributed by atoms with Crippen molar-refractivity contribution in [1.29, 1.82) is 0 Å². The fraction of sp³-hybridized carbons (Fsp3) is 0.652. The number of hydrogen-bond donors (Lipinski definition) is 4. The second-order valence-electron chi connectivity index (χ2n) is 9.58. The SMILES string of the molecule is C[C@H]1O[C@@H](O[C@H]2C=CC3[C@@H]4CCC[C@@]35c3c(ccc(O)c3O[C@@H]25)C4)[C@H](O)[C@@H](O)[C@@H]1O.[Ac].[Ac].[Ac].[Ac]. The van der Waals surface area contributed by atoms with Gasteiger partial charge < -0.3 is 34.6 Å². The van der Waals surface area contributed by atoms with Crippen molar-refractivity contribution < 1.29 is 211 Å². The molecule has 1 spiro atoms. The smallest absolute Gasteiger partial charge is 0.187 e. The van der Waals surface area contributed by atoms with E-state index < -0.39 is 36.8 Å². The average Bonchev–Trinajstić information content (AvgIpc) is 3.08. The van der Waals surface area contributed by atoms with Crippen LogP contribution in [0.25, 0.3) is 0 Å². The third-order valence-corrected chi connectivity index (χ3v) is 8.10. The number of phenolic OH excluding ortho intramolecular Hbond substituents is 1. The van der Waals surface area contributed by atoms with Crippen LogP contribution in [0, 0.1) is 188 Å². The minimum atomic E-state index is -1.36. The van der Waals surface area contributed by atoms with Crippen molar-refractivity contribution in [2.75, 3.05) is 0 Å². The number of aromatic hydroxyl groups is 1. The van der Waals surface area contributed by atoms with E-state index in [1.54, 1.807) is 13.0 Å². The van der Waals surface area contributed by atoms with Gasteiger partial charge >= 0.3 is 0 Å². The maximum absolute atomic E-state index is 10.5. The van der Waals surface area contributed by atoms with Crippen molar-refractivity contribution in [2.24, 2.45) is 11.8 Å². The summed E-state index contributed by atoms with van der Waals surface area (Å²) in [7, 11) is 0. The van der Waals surface area contributed by atoms with Crippen molar-refractivity contribution in [3.63, 3.8) is 0 Å². The van der Waals surface area contributed by atoms with E-state index in [4.69, 9.17) is 14.2 Å². The van der Waals surface area contributed by atoms with E-state index >= 15 is 0 Å². The Morgan fingerprint density at radius 2 is 1.74 bits per heavy atom. The maximum atomic E-state index is 10.5. The van der Waals surface area contributed by atoms with Gasteiger partial charge in [-0.25, -0.2) is 0 Å². The molecular formula is C23H28Ac4O7. The van der Waals surface area contributed by atoms with E-state index in [9.17, 15) is 20.4 Å². The van der Waals surface area contributed by atoms with Gasteiger partial charge in [0.1, 0.15) is 30.5 Å². The average molecular weight is 1320 g/mol. The Kier molecular flexibility index (Phi) is 13.5. The van der Waals surface area contributed by atoms with Gasteiger partial charge in [0, 0.05) is 187 Å². The molecule has 174 valence electrons. The van der Waals surface area contributed by atoms with Gasteiger partial charge in [-0.1, -0.05) is 24.6 Å². The van der Waals surface area contributed by atoms with Crippen LogP contribution in [0.3, 0.4) is 0 Å². The van der Waals surface area contributed by atoms with Gasteiger partial charge in [-0.2, -0.15) is 0 Å².